The van der Waals surface area contributed by atoms with Gasteiger partial charge < -0.3 is 15.0 Å². The number of anilines is 1. The molecule has 1 saturated heterocycles. The third-order valence-electron chi connectivity index (χ3n) is 5.54. The number of nitrogens with zero attached hydrogens (tertiary/aromatic N) is 2. The summed E-state index contributed by atoms with van der Waals surface area (Å²) in [7, 11) is 0. The molecule has 2 aliphatic rings. The summed E-state index contributed by atoms with van der Waals surface area (Å²) in [4.78, 5) is 30.6. The Labute approximate surface area is 175 Å². The maximum Gasteiger partial charge on any atom is 0.227 e. The van der Waals surface area contributed by atoms with Crippen molar-refractivity contribution in [2.24, 2.45) is 0 Å². The molecular weight excluding hydrogens is 386 g/mol. The van der Waals surface area contributed by atoms with Crippen LogP contribution in [0.25, 0.3) is 0 Å². The predicted molar refractivity (Wildman–Crippen MR) is 114 cm³/mol. The number of thiophene rings is 1. The monoisotopic (exact) mass is 413 g/mol. The second-order valence-corrected chi connectivity index (χ2v) is 8.42. The van der Waals surface area contributed by atoms with Crippen molar-refractivity contribution in [3.8, 4) is 5.75 Å². The fourth-order valence-electron chi connectivity index (χ4n) is 4.03. The fourth-order valence-corrected chi connectivity index (χ4v) is 4.89. The van der Waals surface area contributed by atoms with Crippen LogP contribution < -0.4 is 15.0 Å². The molecule has 0 aliphatic carbocycles. The van der Waals surface area contributed by atoms with E-state index in [9.17, 15) is 9.59 Å². The Morgan fingerprint density at radius 2 is 1.90 bits per heavy atom. The molecule has 2 aliphatic heterocycles. The highest BCUT2D eigenvalue weighted by molar-refractivity contribution is 7.10. The molecule has 1 aromatic heterocycles. The number of benzene rings is 1. The second kappa shape index (κ2) is 9.41. The van der Waals surface area contributed by atoms with Crippen molar-refractivity contribution < 1.29 is 14.3 Å². The van der Waals surface area contributed by atoms with Crippen molar-refractivity contribution in [2.75, 3.05) is 37.7 Å². The maximum absolute atomic E-state index is 12.7. The first-order valence-corrected chi connectivity index (χ1v) is 11.2. The lowest BCUT2D eigenvalue weighted by Crippen LogP contribution is -2.39. The van der Waals surface area contributed by atoms with E-state index in [4.69, 9.17) is 4.74 Å². The van der Waals surface area contributed by atoms with Crippen molar-refractivity contribution in [2.45, 2.75) is 31.7 Å². The van der Waals surface area contributed by atoms with Crippen LogP contribution >= 0.6 is 11.3 Å². The number of carbonyl (C=O) groups excluding carboxylic acids is 2. The molecule has 29 heavy (non-hydrogen) atoms. The van der Waals surface area contributed by atoms with Crippen molar-refractivity contribution >= 4 is 28.8 Å². The second-order valence-electron chi connectivity index (χ2n) is 7.44. The molecule has 0 saturated carbocycles. The molecular formula is C22H27N3O3S. The van der Waals surface area contributed by atoms with Gasteiger partial charge in [0.15, 0.2) is 0 Å². The van der Waals surface area contributed by atoms with Crippen molar-refractivity contribution in [1.82, 2.24) is 10.2 Å². The highest BCUT2D eigenvalue weighted by atomic mass is 32.1. The topological polar surface area (TPSA) is 61.9 Å². The summed E-state index contributed by atoms with van der Waals surface area (Å²) in [6.45, 7) is 3.74. The van der Waals surface area contributed by atoms with Gasteiger partial charge >= 0.3 is 0 Å². The molecule has 7 heteroatoms. The van der Waals surface area contributed by atoms with Gasteiger partial charge in [0, 0.05) is 24.3 Å². The number of hydrogen-bond acceptors (Lipinski definition) is 5. The quantitative estimate of drug-likeness (QED) is 0.757. The normalized spacial score (nSPS) is 17.4. The van der Waals surface area contributed by atoms with E-state index < -0.39 is 0 Å². The Balaban J connectivity index is 1.29. The van der Waals surface area contributed by atoms with E-state index in [0.717, 1.165) is 24.5 Å². The smallest absolute Gasteiger partial charge is 0.227 e. The standard InChI is InChI=1S/C22H27N3O3S/c26-21(23-16-18(20-8-5-15-29-20)24-11-3-4-12-24)9-10-22(27)25-13-14-28-19-7-2-1-6-17(19)25/h1-2,5-8,15,18H,3-4,9-14,16H2,(H,23,26). The summed E-state index contributed by atoms with van der Waals surface area (Å²) in [5.41, 5.74) is 0.788. The van der Waals surface area contributed by atoms with Gasteiger partial charge in [-0.1, -0.05) is 18.2 Å². The zero-order valence-corrected chi connectivity index (χ0v) is 17.3. The summed E-state index contributed by atoms with van der Waals surface area (Å²) in [5, 5.41) is 5.14. The summed E-state index contributed by atoms with van der Waals surface area (Å²) in [6, 6.07) is 12.0. The molecule has 0 radical (unpaired) electrons. The van der Waals surface area contributed by atoms with E-state index in [2.05, 4.69) is 27.7 Å². The minimum absolute atomic E-state index is 0.0368. The van der Waals surface area contributed by atoms with Crippen LogP contribution in [0, 0.1) is 0 Å². The molecule has 3 heterocycles. The number of likely N-dealkylation sites (tertiary alicyclic amines) is 1. The molecule has 154 valence electrons. The number of amides is 2. The van der Waals surface area contributed by atoms with Crippen molar-refractivity contribution in [3.63, 3.8) is 0 Å². The number of fused-ring (bicyclic) bond motifs is 1. The average Bonchev–Trinajstić information content (AvgIpc) is 3.47. The van der Waals surface area contributed by atoms with Crippen molar-refractivity contribution in [3.05, 3.63) is 46.7 Å². The minimum atomic E-state index is -0.0688. The summed E-state index contributed by atoms with van der Waals surface area (Å²) in [5.74, 6) is 0.617. The number of nitrogens with one attached hydrogen (secondary N) is 1. The van der Waals surface area contributed by atoms with Gasteiger partial charge in [0.25, 0.3) is 0 Å². The minimum Gasteiger partial charge on any atom is -0.490 e. The van der Waals surface area contributed by atoms with Gasteiger partial charge in [-0.05, 0) is 49.5 Å². The Morgan fingerprint density at radius 1 is 1.07 bits per heavy atom. The zero-order chi connectivity index (χ0) is 20.1. The van der Waals surface area contributed by atoms with E-state index in [1.165, 1.54) is 17.7 Å². The van der Waals surface area contributed by atoms with E-state index in [0.29, 0.717) is 19.7 Å². The number of para-hydroxylation sites is 2. The molecule has 2 aromatic rings. The molecule has 1 aromatic carbocycles. The largest absolute Gasteiger partial charge is 0.490 e. The van der Waals surface area contributed by atoms with Crippen LogP contribution in [-0.4, -0.2) is 49.5 Å². The van der Waals surface area contributed by atoms with Crippen LogP contribution in [0.4, 0.5) is 5.69 Å². The summed E-state index contributed by atoms with van der Waals surface area (Å²) < 4.78 is 5.60. The Bertz CT molecular complexity index is 834. The molecule has 6 nitrogen and oxygen atoms in total. The van der Waals surface area contributed by atoms with Gasteiger partial charge in [-0.3, -0.25) is 14.5 Å². The maximum atomic E-state index is 12.7. The fraction of sp³-hybridized carbons (Fsp3) is 0.455. The third kappa shape index (κ3) is 4.79. The number of carbonyl (C=O) groups is 2. The van der Waals surface area contributed by atoms with Gasteiger partial charge in [-0.25, -0.2) is 0 Å². The van der Waals surface area contributed by atoms with Gasteiger partial charge in [-0.15, -0.1) is 11.3 Å². The van der Waals surface area contributed by atoms with Crippen LogP contribution in [0.3, 0.4) is 0 Å². The molecule has 0 bridgehead atoms. The lowest BCUT2D eigenvalue weighted by molar-refractivity contribution is -0.125. The van der Waals surface area contributed by atoms with E-state index in [1.54, 1.807) is 16.2 Å². The van der Waals surface area contributed by atoms with Gasteiger partial charge in [0.2, 0.25) is 11.8 Å². The summed E-state index contributed by atoms with van der Waals surface area (Å²) in [6.07, 6.45) is 2.83. The van der Waals surface area contributed by atoms with E-state index in [-0.39, 0.29) is 30.7 Å². The van der Waals surface area contributed by atoms with Gasteiger partial charge in [0.05, 0.1) is 18.3 Å². The summed E-state index contributed by atoms with van der Waals surface area (Å²) >= 11 is 1.73. The van der Waals surface area contributed by atoms with Gasteiger partial charge in [0.1, 0.15) is 12.4 Å². The first kappa shape index (κ1) is 19.9. The molecule has 4 rings (SSSR count). The highest BCUT2D eigenvalue weighted by Crippen LogP contribution is 2.31. The number of hydrogen-bond donors (Lipinski definition) is 1. The Kier molecular flexibility index (Phi) is 6.46. The lowest BCUT2D eigenvalue weighted by Gasteiger charge is -2.29. The molecule has 1 N–H and O–H groups in total. The average molecular weight is 414 g/mol. The van der Waals surface area contributed by atoms with Gasteiger partial charge in [-0.2, -0.15) is 0 Å². The number of ether oxygens (including phenoxy) is 1. The Morgan fingerprint density at radius 3 is 2.69 bits per heavy atom. The van der Waals surface area contributed by atoms with E-state index in [1.807, 2.05) is 24.3 Å². The van der Waals surface area contributed by atoms with Crippen LogP contribution in [0.15, 0.2) is 41.8 Å². The number of rotatable bonds is 7. The van der Waals surface area contributed by atoms with Crippen LogP contribution in [0.5, 0.6) is 5.75 Å². The first-order valence-electron chi connectivity index (χ1n) is 10.3. The van der Waals surface area contributed by atoms with Crippen LogP contribution in [-0.2, 0) is 9.59 Å². The molecule has 1 unspecified atom stereocenters. The van der Waals surface area contributed by atoms with Crippen LogP contribution in [0.1, 0.15) is 36.6 Å². The highest BCUT2D eigenvalue weighted by Gasteiger charge is 2.26. The van der Waals surface area contributed by atoms with Crippen LogP contribution in [0.2, 0.25) is 0 Å². The predicted octanol–water partition coefficient (Wildman–Crippen LogP) is 3.21. The molecule has 0 spiro atoms. The first-order chi connectivity index (χ1) is 14.2. The molecule has 1 atom stereocenters. The van der Waals surface area contributed by atoms with Crippen molar-refractivity contribution in [1.29, 1.82) is 0 Å². The third-order valence-corrected chi connectivity index (χ3v) is 6.51. The SMILES string of the molecule is O=C(CCC(=O)N1CCOc2ccccc21)NCC(c1cccs1)N1CCCC1. The van der Waals surface area contributed by atoms with E-state index >= 15 is 0 Å². The Hall–Kier alpha value is -2.38. The zero-order valence-electron chi connectivity index (χ0n) is 16.5. The lowest BCUT2D eigenvalue weighted by atomic mass is 10.2. The molecule has 1 fully saturated rings. The molecule has 2 amide bonds.